The van der Waals surface area contributed by atoms with Crippen LogP contribution in [-0.4, -0.2) is 61.3 Å². The average Bonchev–Trinajstić information content (AvgIpc) is 3.46. The first-order chi connectivity index (χ1) is 18.4. The Kier molecular flexibility index (Phi) is 6.45. The molecule has 2 aliphatic heterocycles. The van der Waals surface area contributed by atoms with Crippen LogP contribution >= 0.6 is 0 Å². The van der Waals surface area contributed by atoms with E-state index < -0.39 is 5.95 Å². The number of hydrogen-bond donors (Lipinski definition) is 1. The van der Waals surface area contributed by atoms with Crippen molar-refractivity contribution in [3.8, 4) is 0 Å². The summed E-state index contributed by atoms with van der Waals surface area (Å²) in [5, 5.41) is 11.3. The molecule has 1 amide bonds. The minimum Gasteiger partial charge on any atom is -0.379 e. The number of piperidine rings is 1. The minimum absolute atomic E-state index is 0.230. The van der Waals surface area contributed by atoms with Crippen LogP contribution in [0.1, 0.15) is 47.1 Å². The molecule has 1 atom stereocenters. The molecule has 9 nitrogen and oxygen atoms in total. The predicted molar refractivity (Wildman–Crippen MR) is 140 cm³/mol. The average molecular weight is 518 g/mol. The van der Waals surface area contributed by atoms with E-state index in [1.54, 1.807) is 12.5 Å². The Labute approximate surface area is 220 Å². The lowest BCUT2D eigenvalue weighted by molar-refractivity contribution is -0.0610. The fourth-order valence-electron chi connectivity index (χ4n) is 5.67. The largest absolute Gasteiger partial charge is 0.379 e. The summed E-state index contributed by atoms with van der Waals surface area (Å²) in [6.45, 7) is 6.06. The number of benzene rings is 1. The van der Waals surface area contributed by atoms with Crippen molar-refractivity contribution >= 4 is 17.2 Å². The summed E-state index contributed by atoms with van der Waals surface area (Å²) >= 11 is 0. The SMILES string of the molecule is C[C@H]1CCCN(Cc2cc(C(=O)Nc3cccc(C4(Cc5nncn5C)COC4)c3)c3ncc(F)n3c2)C1. The molecule has 0 spiro atoms. The second kappa shape index (κ2) is 9.92. The van der Waals surface area contributed by atoms with Crippen LogP contribution in [-0.2, 0) is 30.2 Å². The maximum Gasteiger partial charge on any atom is 0.259 e. The van der Waals surface area contributed by atoms with E-state index in [9.17, 15) is 9.18 Å². The molecule has 6 rings (SSSR count). The Morgan fingerprint density at radius 3 is 2.89 bits per heavy atom. The monoisotopic (exact) mass is 517 g/mol. The van der Waals surface area contributed by atoms with Crippen LogP contribution in [0.3, 0.4) is 0 Å². The van der Waals surface area contributed by atoms with Crippen LogP contribution in [0.15, 0.2) is 49.1 Å². The number of ether oxygens (including phenoxy) is 1. The number of halogens is 1. The van der Waals surface area contributed by atoms with Gasteiger partial charge in [0.05, 0.1) is 25.0 Å². The predicted octanol–water partition coefficient (Wildman–Crippen LogP) is 3.60. The van der Waals surface area contributed by atoms with E-state index >= 15 is 0 Å². The number of fused-ring (bicyclic) bond motifs is 1. The molecule has 2 fully saturated rings. The van der Waals surface area contributed by atoms with Crippen molar-refractivity contribution in [3.05, 3.63) is 77.5 Å². The van der Waals surface area contributed by atoms with Crippen molar-refractivity contribution in [2.75, 3.05) is 31.6 Å². The van der Waals surface area contributed by atoms with Crippen LogP contribution in [0.25, 0.3) is 5.65 Å². The second-order valence-corrected chi connectivity index (χ2v) is 10.9. The first kappa shape index (κ1) is 24.7. The lowest BCUT2D eigenvalue weighted by Gasteiger charge is -2.41. The van der Waals surface area contributed by atoms with E-state index in [0.29, 0.717) is 49.0 Å². The number of likely N-dealkylation sites (tertiary alicyclic amines) is 1. The van der Waals surface area contributed by atoms with Crippen molar-refractivity contribution < 1.29 is 13.9 Å². The van der Waals surface area contributed by atoms with Crippen molar-refractivity contribution in [1.82, 2.24) is 29.0 Å². The third-order valence-electron chi connectivity index (χ3n) is 7.80. The maximum absolute atomic E-state index is 14.6. The highest BCUT2D eigenvalue weighted by Crippen LogP contribution is 2.36. The molecule has 0 saturated carbocycles. The molecular formula is C28H32FN7O2. The summed E-state index contributed by atoms with van der Waals surface area (Å²) in [4.78, 5) is 20.1. The molecule has 1 N–H and O–H groups in total. The van der Waals surface area contributed by atoms with Gasteiger partial charge in [0.2, 0.25) is 5.95 Å². The third kappa shape index (κ3) is 4.69. The van der Waals surface area contributed by atoms with E-state index in [-0.39, 0.29) is 11.3 Å². The number of nitrogens with zero attached hydrogens (tertiary/aromatic N) is 6. The normalized spacial score (nSPS) is 19.4. The number of anilines is 1. The molecule has 198 valence electrons. The zero-order valence-electron chi connectivity index (χ0n) is 21.7. The van der Waals surface area contributed by atoms with Gasteiger partial charge in [-0.25, -0.2) is 4.98 Å². The molecular weight excluding hydrogens is 485 g/mol. The van der Waals surface area contributed by atoms with Crippen molar-refractivity contribution in [1.29, 1.82) is 0 Å². The zero-order valence-corrected chi connectivity index (χ0v) is 21.7. The van der Waals surface area contributed by atoms with E-state index in [1.807, 2.05) is 35.9 Å². The third-order valence-corrected chi connectivity index (χ3v) is 7.80. The smallest absolute Gasteiger partial charge is 0.259 e. The van der Waals surface area contributed by atoms with E-state index in [4.69, 9.17) is 4.74 Å². The number of imidazole rings is 1. The second-order valence-electron chi connectivity index (χ2n) is 10.9. The van der Waals surface area contributed by atoms with Crippen LogP contribution in [0, 0.1) is 11.9 Å². The Balaban J connectivity index is 1.26. The molecule has 4 aromatic rings. The van der Waals surface area contributed by atoms with Gasteiger partial charge in [0, 0.05) is 43.9 Å². The first-order valence-electron chi connectivity index (χ1n) is 13.1. The van der Waals surface area contributed by atoms with Gasteiger partial charge in [-0.1, -0.05) is 19.1 Å². The van der Waals surface area contributed by atoms with Crippen LogP contribution in [0.2, 0.25) is 0 Å². The van der Waals surface area contributed by atoms with Crippen molar-refractivity contribution in [3.63, 3.8) is 0 Å². The lowest BCUT2D eigenvalue weighted by Crippen LogP contribution is -2.49. The topological polar surface area (TPSA) is 89.6 Å². The molecule has 0 radical (unpaired) electrons. The number of nitrogens with one attached hydrogen (secondary N) is 1. The van der Waals surface area contributed by atoms with Gasteiger partial charge >= 0.3 is 0 Å². The molecule has 38 heavy (non-hydrogen) atoms. The summed E-state index contributed by atoms with van der Waals surface area (Å²) in [6, 6.07) is 9.67. The van der Waals surface area contributed by atoms with Gasteiger partial charge in [-0.15, -0.1) is 10.2 Å². The molecule has 3 aromatic heterocycles. The highest BCUT2D eigenvalue weighted by atomic mass is 19.1. The van der Waals surface area contributed by atoms with Gasteiger partial charge in [0.15, 0.2) is 5.65 Å². The Bertz CT molecular complexity index is 1480. The van der Waals surface area contributed by atoms with Gasteiger partial charge in [-0.05, 0) is 54.6 Å². The number of aromatic nitrogens is 5. The van der Waals surface area contributed by atoms with E-state index in [1.165, 1.54) is 10.8 Å². The van der Waals surface area contributed by atoms with Gasteiger partial charge in [-0.2, -0.15) is 4.39 Å². The summed E-state index contributed by atoms with van der Waals surface area (Å²) in [5.41, 5.74) is 3.04. The Morgan fingerprint density at radius 1 is 1.29 bits per heavy atom. The highest BCUT2D eigenvalue weighted by Gasteiger charge is 2.41. The van der Waals surface area contributed by atoms with Crippen LogP contribution in [0.4, 0.5) is 10.1 Å². The molecule has 2 saturated heterocycles. The summed E-state index contributed by atoms with van der Waals surface area (Å²) in [6.07, 6.45) is 7.66. The van der Waals surface area contributed by atoms with Gasteiger partial charge < -0.3 is 14.6 Å². The number of pyridine rings is 1. The number of hydrogen-bond acceptors (Lipinski definition) is 6. The number of aryl methyl sites for hydroxylation is 1. The quantitative estimate of drug-likeness (QED) is 0.403. The van der Waals surface area contributed by atoms with Crippen LogP contribution in [0.5, 0.6) is 0 Å². The number of carbonyl (C=O) groups is 1. The molecule has 0 bridgehead atoms. The Morgan fingerprint density at radius 2 is 2.16 bits per heavy atom. The van der Waals surface area contributed by atoms with Crippen molar-refractivity contribution in [2.45, 2.75) is 38.1 Å². The highest BCUT2D eigenvalue weighted by molar-refractivity contribution is 6.08. The fraction of sp³-hybridized carbons (Fsp3) is 0.429. The first-order valence-corrected chi connectivity index (χ1v) is 13.1. The Hall–Kier alpha value is -3.63. The van der Waals surface area contributed by atoms with Gasteiger partial charge in [0.1, 0.15) is 12.2 Å². The number of amides is 1. The molecule has 10 heteroatoms. The van der Waals surface area contributed by atoms with Crippen LogP contribution < -0.4 is 5.32 Å². The summed E-state index contributed by atoms with van der Waals surface area (Å²) < 4.78 is 23.5. The lowest BCUT2D eigenvalue weighted by atomic mass is 9.75. The standard InChI is InChI=1S/C28H32FN7O2/c1-19-5-4-8-35(13-19)14-20-9-23(26-30-12-24(29)36(26)15-20)27(37)32-22-7-3-6-21(10-22)28(16-38-17-28)11-25-33-31-18-34(25)2/h3,6-7,9-10,12,15,18-19H,4-5,8,11,13-14,16-17H2,1-2H3,(H,32,37)/t19-/m0/s1. The fourth-order valence-corrected chi connectivity index (χ4v) is 5.67. The minimum atomic E-state index is -0.486. The molecule has 2 aliphatic rings. The summed E-state index contributed by atoms with van der Waals surface area (Å²) in [5.74, 6) is 0.705. The molecule has 0 unspecified atom stereocenters. The number of carbonyl (C=O) groups excluding carboxylic acids is 1. The molecule has 5 heterocycles. The molecule has 0 aliphatic carbocycles. The molecule has 1 aromatic carbocycles. The van der Waals surface area contributed by atoms with Gasteiger partial charge in [-0.3, -0.25) is 14.1 Å². The van der Waals surface area contributed by atoms with Crippen molar-refractivity contribution in [2.24, 2.45) is 13.0 Å². The maximum atomic E-state index is 14.6. The summed E-state index contributed by atoms with van der Waals surface area (Å²) in [7, 11) is 1.93. The zero-order chi connectivity index (χ0) is 26.3. The van der Waals surface area contributed by atoms with E-state index in [2.05, 4.69) is 38.4 Å². The van der Waals surface area contributed by atoms with Gasteiger partial charge in [0.25, 0.3) is 5.91 Å². The van der Waals surface area contributed by atoms with E-state index in [0.717, 1.165) is 42.7 Å². The number of rotatable bonds is 7.